The van der Waals surface area contributed by atoms with E-state index in [1.165, 1.54) is 23.6 Å². The zero-order chi connectivity index (χ0) is 44.9. The van der Waals surface area contributed by atoms with E-state index in [0.29, 0.717) is 46.4 Å². The van der Waals surface area contributed by atoms with Gasteiger partial charge in [-0.15, -0.1) is 0 Å². The Morgan fingerprint density at radius 2 is 1.56 bits per heavy atom. The summed E-state index contributed by atoms with van der Waals surface area (Å²) >= 11 is 25.3. The van der Waals surface area contributed by atoms with Crippen molar-refractivity contribution in [2.75, 3.05) is 26.2 Å². The summed E-state index contributed by atoms with van der Waals surface area (Å²) in [6.45, 7) is 6.99. The molecule has 0 radical (unpaired) electrons. The van der Waals surface area contributed by atoms with Crippen molar-refractivity contribution in [2.24, 2.45) is 0 Å². The van der Waals surface area contributed by atoms with Crippen LogP contribution in [0.4, 0.5) is 22.8 Å². The van der Waals surface area contributed by atoms with E-state index in [-0.39, 0.29) is 44.8 Å². The lowest BCUT2D eigenvalue weighted by molar-refractivity contribution is -0.128. The van der Waals surface area contributed by atoms with E-state index in [0.717, 1.165) is 23.6 Å². The molecule has 2 aliphatic rings. The predicted molar refractivity (Wildman–Crippen MR) is 234 cm³/mol. The summed E-state index contributed by atoms with van der Waals surface area (Å²) in [6, 6.07) is 21.6. The summed E-state index contributed by atoms with van der Waals surface area (Å²) in [6.07, 6.45) is 0.169. The van der Waals surface area contributed by atoms with Gasteiger partial charge >= 0.3 is 12.2 Å². The molecule has 4 aromatic carbocycles. The highest BCUT2D eigenvalue weighted by atomic mass is 35.6. The largest absolute Gasteiger partial charge is 0.488 e. The minimum absolute atomic E-state index is 0.0266. The number of hydrogen-bond donors (Lipinski definition) is 0. The van der Waals surface area contributed by atoms with Crippen LogP contribution in [0.3, 0.4) is 0 Å². The van der Waals surface area contributed by atoms with Crippen LogP contribution in [0.1, 0.15) is 62.8 Å². The number of aryl methyl sites for hydroxylation is 2. The zero-order valence-corrected chi connectivity index (χ0v) is 37.6. The molecule has 0 saturated carbocycles. The normalized spacial score (nSPS) is 16.6. The number of carbonyl (C=O) groups excluding carboxylic acids is 3. The maximum atomic E-state index is 15.2. The van der Waals surface area contributed by atoms with Gasteiger partial charge in [0.05, 0.1) is 18.7 Å². The molecule has 2 atom stereocenters. The van der Waals surface area contributed by atoms with Crippen molar-refractivity contribution in [3.63, 3.8) is 0 Å². The van der Waals surface area contributed by atoms with Crippen molar-refractivity contribution in [2.45, 2.75) is 81.4 Å². The molecule has 0 aromatic heterocycles. The maximum absolute atomic E-state index is 15.2. The molecule has 16 heteroatoms. The second-order valence-electron chi connectivity index (χ2n) is 15.6. The number of ether oxygens (including phenoxy) is 3. The van der Waals surface area contributed by atoms with Gasteiger partial charge in [0.25, 0.3) is 5.91 Å². The van der Waals surface area contributed by atoms with Crippen molar-refractivity contribution < 1.29 is 41.8 Å². The molecule has 0 N–H and O–H groups in total. The summed E-state index contributed by atoms with van der Waals surface area (Å²) < 4.78 is 56.9. The molecule has 2 aliphatic heterocycles. The summed E-state index contributed by atoms with van der Waals surface area (Å²) in [7, 11) is 0. The number of rotatable bonds is 13. The topological polar surface area (TPSA) is 88.6 Å². The fourth-order valence-electron chi connectivity index (χ4n) is 7.50. The second kappa shape index (κ2) is 19.8. The molecular formula is C46H46Cl4F3N3O6. The Kier molecular flexibility index (Phi) is 15.0. The van der Waals surface area contributed by atoms with Crippen LogP contribution in [0.25, 0.3) is 5.57 Å². The quantitative estimate of drug-likeness (QED) is 0.0754. The van der Waals surface area contributed by atoms with Gasteiger partial charge in [-0.1, -0.05) is 108 Å². The van der Waals surface area contributed by atoms with E-state index >= 15 is 4.79 Å². The fraction of sp³-hybridized carbons (Fsp3) is 0.370. The van der Waals surface area contributed by atoms with Gasteiger partial charge in [0.2, 0.25) is 9.61 Å². The van der Waals surface area contributed by atoms with Crippen molar-refractivity contribution in [1.29, 1.82) is 0 Å². The van der Waals surface area contributed by atoms with Gasteiger partial charge in [-0.2, -0.15) is 4.39 Å². The Morgan fingerprint density at radius 3 is 2.24 bits per heavy atom. The fourth-order valence-corrected chi connectivity index (χ4v) is 7.81. The summed E-state index contributed by atoms with van der Waals surface area (Å²) in [5.74, 6) is -4.40. The lowest BCUT2D eigenvalue weighted by Gasteiger charge is -2.51. The average Bonchev–Trinajstić information content (AvgIpc) is 3.23. The molecule has 4 aromatic rings. The minimum atomic E-state index is -2.01. The van der Waals surface area contributed by atoms with Gasteiger partial charge in [-0.3, -0.25) is 9.69 Å². The van der Waals surface area contributed by atoms with Crippen LogP contribution in [-0.4, -0.2) is 80.5 Å². The van der Waals surface area contributed by atoms with Crippen LogP contribution in [-0.2, 0) is 28.9 Å². The third kappa shape index (κ3) is 10.6. The summed E-state index contributed by atoms with van der Waals surface area (Å²) in [5, 5.41) is 0.474. The Hall–Kier alpha value is -4.62. The van der Waals surface area contributed by atoms with E-state index < -0.39 is 62.8 Å². The lowest BCUT2D eigenvalue weighted by Crippen LogP contribution is -2.66. The Morgan fingerprint density at radius 1 is 0.855 bits per heavy atom. The van der Waals surface area contributed by atoms with Crippen LogP contribution >= 0.6 is 46.4 Å². The number of alkyl halides is 3. The van der Waals surface area contributed by atoms with E-state index in [1.54, 1.807) is 35.2 Å². The first-order chi connectivity index (χ1) is 29.4. The SMILES string of the molecule is CCc1cccc(OC(=O)N2CC3CC(c4ccc(CCCOc5c(F)ccc(F)c5F)cc4)=C(C(=O)N(CC)Cc4ccccc4Cl)C(C2)N3C(=O)OC(C)(C)C(Cl)(Cl)Cl)c1. The predicted octanol–water partition coefficient (Wildman–Crippen LogP) is 11.4. The van der Waals surface area contributed by atoms with Crippen LogP contribution in [0, 0.1) is 17.5 Å². The first-order valence-corrected chi connectivity index (χ1v) is 21.7. The third-order valence-electron chi connectivity index (χ3n) is 11.0. The van der Waals surface area contributed by atoms with Gasteiger partial charge < -0.3 is 24.0 Å². The number of nitrogens with zero attached hydrogens (tertiary/aromatic N) is 3. The first-order valence-electron chi connectivity index (χ1n) is 20.2. The van der Waals surface area contributed by atoms with Crippen molar-refractivity contribution in [1.82, 2.24) is 14.7 Å². The highest BCUT2D eigenvalue weighted by Gasteiger charge is 2.52. The first kappa shape index (κ1) is 46.9. The Labute approximate surface area is 379 Å². The van der Waals surface area contributed by atoms with E-state index in [9.17, 15) is 22.8 Å². The molecule has 3 amide bonds. The molecule has 2 heterocycles. The average molecular weight is 936 g/mol. The van der Waals surface area contributed by atoms with Crippen LogP contribution in [0.5, 0.6) is 11.5 Å². The zero-order valence-electron chi connectivity index (χ0n) is 34.5. The Balaban J connectivity index is 1.37. The number of fused-ring (bicyclic) bond motifs is 2. The standard InChI is InChI=1S/C46H46Cl4F3N3O6/c1-5-28-11-9-14-33(23-28)61-43(58)55-26-32-24-34(30-18-16-29(17-19-30)12-10-22-60-41-37(52)21-20-36(51)40(41)53)39(42(57)54(6-2)25-31-13-7-8-15-35(31)47)38(27-55)56(32)44(59)62-45(3,4)46(48,49)50/h7-9,11,13-21,23,32,38H,5-6,10,12,22,24-27H2,1-4H3. The van der Waals surface area contributed by atoms with Crippen LogP contribution in [0.2, 0.25) is 5.02 Å². The second-order valence-corrected chi connectivity index (χ2v) is 18.2. The van der Waals surface area contributed by atoms with Crippen LogP contribution < -0.4 is 9.47 Å². The van der Waals surface area contributed by atoms with Gasteiger partial charge in [-0.25, -0.2) is 18.4 Å². The molecular weight excluding hydrogens is 889 g/mol. The number of likely N-dealkylation sites (N-methyl/N-ethyl adjacent to an activating group) is 1. The molecule has 1 saturated heterocycles. The van der Waals surface area contributed by atoms with E-state index in [2.05, 4.69) is 0 Å². The molecule has 0 aliphatic carbocycles. The molecule has 9 nitrogen and oxygen atoms in total. The molecule has 62 heavy (non-hydrogen) atoms. The van der Waals surface area contributed by atoms with Gasteiger partial charge in [0.1, 0.15) is 5.75 Å². The van der Waals surface area contributed by atoms with Crippen molar-refractivity contribution in [3.8, 4) is 11.5 Å². The molecule has 330 valence electrons. The van der Waals surface area contributed by atoms with Crippen molar-refractivity contribution in [3.05, 3.63) is 135 Å². The maximum Gasteiger partial charge on any atom is 0.415 e. The number of benzene rings is 4. The van der Waals surface area contributed by atoms with E-state index in [4.69, 9.17) is 60.6 Å². The third-order valence-corrected chi connectivity index (χ3v) is 12.8. The smallest absolute Gasteiger partial charge is 0.415 e. The number of hydrogen-bond acceptors (Lipinski definition) is 6. The lowest BCUT2D eigenvalue weighted by atomic mass is 9.81. The van der Waals surface area contributed by atoms with Gasteiger partial charge in [0, 0.05) is 36.8 Å². The van der Waals surface area contributed by atoms with Gasteiger partial charge in [0.15, 0.2) is 23.0 Å². The van der Waals surface area contributed by atoms with Crippen LogP contribution in [0.15, 0.2) is 90.5 Å². The number of amides is 3. The summed E-state index contributed by atoms with van der Waals surface area (Å²) in [5.41, 5.74) is 2.55. The molecule has 0 spiro atoms. The molecule has 6 rings (SSSR count). The Bertz CT molecular complexity index is 2320. The molecule has 2 unspecified atom stereocenters. The molecule has 1 fully saturated rings. The monoisotopic (exact) mass is 933 g/mol. The number of halogens is 7. The van der Waals surface area contributed by atoms with E-state index in [1.807, 2.05) is 56.3 Å². The minimum Gasteiger partial charge on any atom is -0.488 e. The highest BCUT2D eigenvalue weighted by Crippen LogP contribution is 2.44. The number of piperazine rings is 1. The number of carbonyl (C=O) groups is 3. The van der Waals surface area contributed by atoms with Crippen molar-refractivity contribution >= 4 is 70.1 Å². The highest BCUT2D eigenvalue weighted by molar-refractivity contribution is 6.68. The van der Waals surface area contributed by atoms with Gasteiger partial charge in [-0.05, 0) is 105 Å². The summed E-state index contributed by atoms with van der Waals surface area (Å²) in [4.78, 5) is 48.0. The molecule has 2 bridgehead atoms.